The Morgan fingerprint density at radius 1 is 0.284 bits per heavy atom. The van der Waals surface area contributed by atoms with Crippen molar-refractivity contribution in [3.05, 3.63) is 97.2 Å². The minimum absolute atomic E-state index is 0.0866. The maximum absolute atomic E-state index is 12.9. The maximum atomic E-state index is 12.9. The molecular weight excluding hydrogens is 913 g/mol. The summed E-state index contributed by atoms with van der Waals surface area (Å²) in [6, 6.07) is 0. The second kappa shape index (κ2) is 61.9. The monoisotopic (exact) mass is 1030 g/mol. The van der Waals surface area contributed by atoms with Crippen molar-refractivity contribution in [1.82, 2.24) is 0 Å². The molecule has 1 atom stereocenters. The molecular formula is C68H116O6. The molecule has 0 saturated heterocycles. The normalized spacial score (nSPS) is 12.7. The molecule has 424 valence electrons. The van der Waals surface area contributed by atoms with E-state index in [1.807, 2.05) is 0 Å². The molecule has 0 spiro atoms. The summed E-state index contributed by atoms with van der Waals surface area (Å²) in [5, 5.41) is 0. The third-order valence-electron chi connectivity index (χ3n) is 13.3. The molecule has 0 aliphatic rings. The molecule has 1 unspecified atom stereocenters. The lowest BCUT2D eigenvalue weighted by Gasteiger charge is -2.18. The summed E-state index contributed by atoms with van der Waals surface area (Å²) in [6.07, 6.45) is 82.6. The first-order chi connectivity index (χ1) is 36.5. The Labute approximate surface area is 457 Å². The van der Waals surface area contributed by atoms with Crippen LogP contribution in [0.3, 0.4) is 0 Å². The van der Waals surface area contributed by atoms with E-state index in [4.69, 9.17) is 14.2 Å². The summed E-state index contributed by atoms with van der Waals surface area (Å²) in [7, 11) is 0. The number of allylic oxidation sites excluding steroid dienone is 16. The minimum Gasteiger partial charge on any atom is -0.462 e. The van der Waals surface area contributed by atoms with Gasteiger partial charge >= 0.3 is 17.9 Å². The molecule has 0 saturated carbocycles. The van der Waals surface area contributed by atoms with Crippen molar-refractivity contribution < 1.29 is 28.6 Å². The fourth-order valence-electron chi connectivity index (χ4n) is 8.61. The van der Waals surface area contributed by atoms with Crippen LogP contribution in [0, 0.1) is 0 Å². The first kappa shape index (κ1) is 70.3. The lowest BCUT2D eigenvalue weighted by molar-refractivity contribution is -0.167. The maximum Gasteiger partial charge on any atom is 0.306 e. The van der Waals surface area contributed by atoms with Gasteiger partial charge in [-0.15, -0.1) is 0 Å². The van der Waals surface area contributed by atoms with Crippen LogP contribution in [0.15, 0.2) is 97.2 Å². The van der Waals surface area contributed by atoms with Gasteiger partial charge in [-0.3, -0.25) is 14.4 Å². The van der Waals surface area contributed by atoms with Crippen molar-refractivity contribution in [3.8, 4) is 0 Å². The quantitative estimate of drug-likeness (QED) is 0.0261. The topological polar surface area (TPSA) is 78.9 Å². The summed E-state index contributed by atoms with van der Waals surface area (Å²) >= 11 is 0. The molecule has 0 rings (SSSR count). The van der Waals surface area contributed by atoms with E-state index in [1.165, 1.54) is 135 Å². The van der Waals surface area contributed by atoms with Crippen LogP contribution in [0.2, 0.25) is 0 Å². The van der Waals surface area contributed by atoms with E-state index in [0.29, 0.717) is 19.3 Å². The highest BCUT2D eigenvalue weighted by molar-refractivity contribution is 5.71. The highest BCUT2D eigenvalue weighted by Gasteiger charge is 2.19. The zero-order valence-electron chi connectivity index (χ0n) is 48.6. The van der Waals surface area contributed by atoms with Gasteiger partial charge in [-0.1, -0.05) is 253 Å². The van der Waals surface area contributed by atoms with E-state index in [0.717, 1.165) is 122 Å². The van der Waals surface area contributed by atoms with Crippen molar-refractivity contribution >= 4 is 17.9 Å². The van der Waals surface area contributed by atoms with E-state index >= 15 is 0 Å². The zero-order chi connectivity index (χ0) is 53.6. The number of unbranched alkanes of at least 4 members (excludes halogenated alkanes) is 29. The van der Waals surface area contributed by atoms with E-state index in [9.17, 15) is 14.4 Å². The van der Waals surface area contributed by atoms with Gasteiger partial charge in [0.05, 0.1) is 0 Å². The van der Waals surface area contributed by atoms with Crippen LogP contribution in [0.4, 0.5) is 0 Å². The van der Waals surface area contributed by atoms with Gasteiger partial charge in [-0.2, -0.15) is 0 Å². The van der Waals surface area contributed by atoms with Gasteiger partial charge in [-0.05, 0) is 122 Å². The SMILES string of the molecule is CC/C=C\C/C=C\C/C=C\C/C=C\C/C=C\CCCCCCCCCCCCCC(=O)OCC(COC(=O)CCCCCCC/C=C\CCCCCC)OC(=O)CCCCCCC/C=C\C/C=C\CCCCCC. The number of rotatable bonds is 56. The average molecular weight is 1030 g/mol. The lowest BCUT2D eigenvalue weighted by Crippen LogP contribution is -2.30. The van der Waals surface area contributed by atoms with Gasteiger partial charge in [-0.25, -0.2) is 0 Å². The summed E-state index contributed by atoms with van der Waals surface area (Å²) < 4.78 is 16.9. The molecule has 0 amide bonds. The average Bonchev–Trinajstić information content (AvgIpc) is 3.40. The van der Waals surface area contributed by atoms with E-state index in [2.05, 4.69) is 118 Å². The van der Waals surface area contributed by atoms with E-state index in [1.54, 1.807) is 0 Å². The van der Waals surface area contributed by atoms with Crippen LogP contribution >= 0.6 is 0 Å². The molecule has 0 aliphatic carbocycles. The van der Waals surface area contributed by atoms with Gasteiger partial charge in [0.25, 0.3) is 0 Å². The Balaban J connectivity index is 4.31. The van der Waals surface area contributed by atoms with E-state index in [-0.39, 0.29) is 31.1 Å². The van der Waals surface area contributed by atoms with Crippen molar-refractivity contribution in [1.29, 1.82) is 0 Å². The van der Waals surface area contributed by atoms with Crippen LogP contribution in [-0.4, -0.2) is 37.2 Å². The number of esters is 3. The van der Waals surface area contributed by atoms with Gasteiger partial charge in [0.1, 0.15) is 13.2 Å². The molecule has 0 bridgehead atoms. The fraction of sp³-hybridized carbons (Fsp3) is 0.721. The molecule has 6 nitrogen and oxygen atoms in total. The Bertz CT molecular complexity index is 1460. The minimum atomic E-state index is -0.790. The third kappa shape index (κ3) is 59.2. The van der Waals surface area contributed by atoms with Crippen molar-refractivity contribution in [2.45, 2.75) is 303 Å². The molecule has 0 N–H and O–H groups in total. The smallest absolute Gasteiger partial charge is 0.306 e. The zero-order valence-corrected chi connectivity index (χ0v) is 48.6. The highest BCUT2D eigenvalue weighted by Crippen LogP contribution is 2.15. The number of ether oxygens (including phenoxy) is 3. The molecule has 74 heavy (non-hydrogen) atoms. The molecule has 0 aromatic heterocycles. The van der Waals surface area contributed by atoms with Crippen LogP contribution in [0.1, 0.15) is 297 Å². The summed E-state index contributed by atoms with van der Waals surface area (Å²) in [4.78, 5) is 38.2. The Hall–Kier alpha value is -3.67. The summed E-state index contributed by atoms with van der Waals surface area (Å²) in [6.45, 7) is 6.49. The molecule has 0 heterocycles. The van der Waals surface area contributed by atoms with E-state index < -0.39 is 6.10 Å². The molecule has 0 radical (unpaired) electrons. The van der Waals surface area contributed by atoms with Crippen LogP contribution in [0.5, 0.6) is 0 Å². The van der Waals surface area contributed by atoms with Gasteiger partial charge in [0.2, 0.25) is 0 Å². The molecule has 0 aliphatic heterocycles. The van der Waals surface area contributed by atoms with Gasteiger partial charge in [0, 0.05) is 19.3 Å². The van der Waals surface area contributed by atoms with Crippen molar-refractivity contribution in [2.24, 2.45) is 0 Å². The van der Waals surface area contributed by atoms with Crippen molar-refractivity contribution in [2.75, 3.05) is 13.2 Å². The number of carbonyl (C=O) groups excluding carboxylic acids is 3. The third-order valence-corrected chi connectivity index (χ3v) is 13.3. The second-order valence-corrected chi connectivity index (χ2v) is 20.6. The molecule has 0 aromatic rings. The predicted octanol–water partition coefficient (Wildman–Crippen LogP) is 21.3. The summed E-state index contributed by atoms with van der Waals surface area (Å²) in [5.74, 6) is -0.905. The standard InChI is InChI=1S/C68H116O6/c1-4-7-10-13-16-19-22-25-27-29-30-31-32-33-34-35-36-37-38-39-41-43-46-49-52-55-58-61-67(70)73-64-65(63-72-66(69)60-57-54-51-48-45-42-24-21-18-15-12-9-6-3)74-68(71)62-59-56-53-50-47-44-40-28-26-23-20-17-14-11-8-5-2/h7,10,16,19-21,23-25,27-28,30-31,33-34,40,65H,4-6,8-9,11-15,17-18,22,26,29,32,35-39,41-64H2,1-3H3/b10-7-,19-16-,23-20-,24-21-,27-25-,31-30-,34-33-,40-28-. The first-order valence-corrected chi connectivity index (χ1v) is 31.2. The largest absolute Gasteiger partial charge is 0.462 e. The van der Waals surface area contributed by atoms with Gasteiger partial charge < -0.3 is 14.2 Å². The number of hydrogen-bond donors (Lipinski definition) is 0. The Morgan fingerprint density at radius 2 is 0.527 bits per heavy atom. The van der Waals surface area contributed by atoms with Crippen molar-refractivity contribution in [3.63, 3.8) is 0 Å². The van der Waals surface area contributed by atoms with Gasteiger partial charge in [0.15, 0.2) is 6.10 Å². The molecule has 0 fully saturated rings. The van der Waals surface area contributed by atoms with Crippen LogP contribution < -0.4 is 0 Å². The first-order valence-electron chi connectivity index (χ1n) is 31.2. The fourth-order valence-corrected chi connectivity index (χ4v) is 8.61. The second-order valence-electron chi connectivity index (χ2n) is 20.6. The Morgan fingerprint density at radius 3 is 0.838 bits per heavy atom. The predicted molar refractivity (Wildman–Crippen MR) is 320 cm³/mol. The number of hydrogen-bond acceptors (Lipinski definition) is 6. The van der Waals surface area contributed by atoms with Crippen LogP contribution in [-0.2, 0) is 28.6 Å². The lowest BCUT2D eigenvalue weighted by atomic mass is 10.0. The van der Waals surface area contributed by atoms with Crippen LogP contribution in [0.25, 0.3) is 0 Å². The molecule has 6 heteroatoms. The number of carbonyl (C=O) groups is 3. The summed E-state index contributed by atoms with van der Waals surface area (Å²) in [5.41, 5.74) is 0. The Kier molecular flexibility index (Phi) is 58.8. The highest BCUT2D eigenvalue weighted by atomic mass is 16.6. The molecule has 0 aromatic carbocycles.